The van der Waals surface area contributed by atoms with Crippen molar-refractivity contribution in [2.45, 2.75) is 33.1 Å². The number of ketones is 1. The molecule has 0 aromatic heterocycles. The quantitative estimate of drug-likeness (QED) is 0.616. The Labute approximate surface area is 81.3 Å². The third kappa shape index (κ3) is 7.94. The molecule has 0 heterocycles. The molecule has 78 valence electrons. The van der Waals surface area contributed by atoms with E-state index >= 15 is 0 Å². The second-order valence-corrected chi connectivity index (χ2v) is 3.44. The standard InChI is InChI=1S/C10H22N2O/c1-3-7-12(9-6-11)8-4-5-10(2)13/h3-9,11H2,1-2H3. The van der Waals surface area contributed by atoms with Gasteiger partial charge in [-0.1, -0.05) is 6.92 Å². The van der Waals surface area contributed by atoms with Gasteiger partial charge in [-0.2, -0.15) is 0 Å². The largest absolute Gasteiger partial charge is 0.329 e. The number of rotatable bonds is 8. The first-order valence-electron chi connectivity index (χ1n) is 5.12. The Kier molecular flexibility index (Phi) is 7.94. The maximum absolute atomic E-state index is 10.7. The van der Waals surface area contributed by atoms with Crippen molar-refractivity contribution in [1.82, 2.24) is 4.90 Å². The van der Waals surface area contributed by atoms with Crippen LogP contribution in [0.5, 0.6) is 0 Å². The lowest BCUT2D eigenvalue weighted by Crippen LogP contribution is -2.31. The van der Waals surface area contributed by atoms with Gasteiger partial charge in [0.25, 0.3) is 0 Å². The van der Waals surface area contributed by atoms with E-state index in [1.54, 1.807) is 6.92 Å². The van der Waals surface area contributed by atoms with Gasteiger partial charge in [0.2, 0.25) is 0 Å². The van der Waals surface area contributed by atoms with Crippen molar-refractivity contribution in [3.05, 3.63) is 0 Å². The average Bonchev–Trinajstić information content (AvgIpc) is 2.04. The Morgan fingerprint density at radius 3 is 2.46 bits per heavy atom. The molecular formula is C10H22N2O. The molecule has 0 unspecified atom stereocenters. The Hall–Kier alpha value is -0.410. The van der Waals surface area contributed by atoms with Crippen LogP contribution in [0.2, 0.25) is 0 Å². The predicted octanol–water partition coefficient (Wildman–Crippen LogP) is 1.03. The van der Waals surface area contributed by atoms with Crippen molar-refractivity contribution in [3.63, 3.8) is 0 Å². The zero-order valence-electron chi connectivity index (χ0n) is 8.88. The smallest absolute Gasteiger partial charge is 0.129 e. The van der Waals surface area contributed by atoms with Gasteiger partial charge in [-0.15, -0.1) is 0 Å². The van der Waals surface area contributed by atoms with E-state index in [1.807, 2.05) is 0 Å². The van der Waals surface area contributed by atoms with Gasteiger partial charge in [0.05, 0.1) is 0 Å². The van der Waals surface area contributed by atoms with Gasteiger partial charge in [0, 0.05) is 19.5 Å². The minimum absolute atomic E-state index is 0.282. The highest BCUT2D eigenvalue weighted by molar-refractivity contribution is 5.75. The van der Waals surface area contributed by atoms with E-state index in [0.717, 1.165) is 32.5 Å². The van der Waals surface area contributed by atoms with Gasteiger partial charge in [0.15, 0.2) is 0 Å². The third-order valence-electron chi connectivity index (χ3n) is 1.99. The van der Waals surface area contributed by atoms with E-state index in [9.17, 15) is 4.79 Å². The van der Waals surface area contributed by atoms with Crippen molar-refractivity contribution in [2.75, 3.05) is 26.2 Å². The van der Waals surface area contributed by atoms with Crippen LogP contribution in [0.1, 0.15) is 33.1 Å². The fourth-order valence-corrected chi connectivity index (χ4v) is 1.39. The monoisotopic (exact) mass is 186 g/mol. The highest BCUT2D eigenvalue weighted by Gasteiger charge is 2.02. The molecule has 0 spiro atoms. The SMILES string of the molecule is CCCN(CCN)CCCC(C)=O. The molecule has 0 bridgehead atoms. The van der Waals surface area contributed by atoms with Crippen molar-refractivity contribution >= 4 is 5.78 Å². The van der Waals surface area contributed by atoms with Crippen molar-refractivity contribution in [3.8, 4) is 0 Å². The Balaban J connectivity index is 3.49. The molecule has 3 heteroatoms. The number of hydrogen-bond donors (Lipinski definition) is 1. The molecule has 0 aromatic rings. The highest BCUT2D eigenvalue weighted by Crippen LogP contribution is 1.97. The van der Waals surface area contributed by atoms with E-state index in [1.165, 1.54) is 0 Å². The number of nitrogens with zero attached hydrogens (tertiary/aromatic N) is 1. The lowest BCUT2D eigenvalue weighted by atomic mass is 10.2. The van der Waals surface area contributed by atoms with Crippen LogP contribution in [0.4, 0.5) is 0 Å². The van der Waals surface area contributed by atoms with Crippen LogP contribution in [0.25, 0.3) is 0 Å². The summed E-state index contributed by atoms with van der Waals surface area (Å²) in [7, 11) is 0. The first-order chi connectivity index (χ1) is 6.20. The average molecular weight is 186 g/mol. The summed E-state index contributed by atoms with van der Waals surface area (Å²) in [5.74, 6) is 0.282. The van der Waals surface area contributed by atoms with Crippen LogP contribution in [-0.2, 0) is 4.79 Å². The van der Waals surface area contributed by atoms with Crippen molar-refractivity contribution in [2.24, 2.45) is 5.73 Å². The number of hydrogen-bond acceptors (Lipinski definition) is 3. The van der Waals surface area contributed by atoms with Gasteiger partial charge in [-0.05, 0) is 32.9 Å². The molecule has 0 aliphatic carbocycles. The van der Waals surface area contributed by atoms with Gasteiger partial charge in [0.1, 0.15) is 5.78 Å². The van der Waals surface area contributed by atoms with Crippen molar-refractivity contribution < 1.29 is 4.79 Å². The third-order valence-corrected chi connectivity index (χ3v) is 1.99. The predicted molar refractivity (Wildman–Crippen MR) is 55.7 cm³/mol. The summed E-state index contributed by atoms with van der Waals surface area (Å²) < 4.78 is 0. The van der Waals surface area contributed by atoms with Gasteiger partial charge < -0.3 is 15.4 Å². The van der Waals surface area contributed by atoms with Crippen LogP contribution in [0, 0.1) is 0 Å². The van der Waals surface area contributed by atoms with E-state index in [4.69, 9.17) is 5.73 Å². The molecule has 3 nitrogen and oxygen atoms in total. The number of carbonyl (C=O) groups excluding carboxylic acids is 1. The first-order valence-corrected chi connectivity index (χ1v) is 5.12. The molecule has 0 saturated heterocycles. The van der Waals surface area contributed by atoms with Crippen LogP contribution in [0.3, 0.4) is 0 Å². The second kappa shape index (κ2) is 8.20. The zero-order chi connectivity index (χ0) is 10.1. The van der Waals surface area contributed by atoms with E-state index in [2.05, 4.69) is 11.8 Å². The molecule has 0 atom stereocenters. The summed E-state index contributed by atoms with van der Waals surface area (Å²) in [4.78, 5) is 13.0. The molecule has 13 heavy (non-hydrogen) atoms. The number of nitrogens with two attached hydrogens (primary N) is 1. The summed E-state index contributed by atoms with van der Waals surface area (Å²) in [5, 5.41) is 0. The summed E-state index contributed by atoms with van der Waals surface area (Å²) in [6.45, 7) is 7.56. The zero-order valence-corrected chi connectivity index (χ0v) is 8.88. The van der Waals surface area contributed by atoms with Crippen LogP contribution in [0.15, 0.2) is 0 Å². The van der Waals surface area contributed by atoms with Gasteiger partial charge in [-0.3, -0.25) is 0 Å². The Morgan fingerprint density at radius 1 is 1.31 bits per heavy atom. The highest BCUT2D eigenvalue weighted by atomic mass is 16.1. The van der Waals surface area contributed by atoms with E-state index in [0.29, 0.717) is 13.0 Å². The molecule has 0 amide bonds. The van der Waals surface area contributed by atoms with Crippen LogP contribution in [-0.4, -0.2) is 36.9 Å². The molecule has 0 aliphatic rings. The minimum Gasteiger partial charge on any atom is -0.329 e. The Bertz CT molecular complexity index is 131. The van der Waals surface area contributed by atoms with E-state index < -0.39 is 0 Å². The summed E-state index contributed by atoms with van der Waals surface area (Å²) in [6.07, 6.45) is 2.82. The molecule has 2 N–H and O–H groups in total. The molecule has 0 fully saturated rings. The normalized spacial score (nSPS) is 10.8. The fraction of sp³-hybridized carbons (Fsp3) is 0.900. The van der Waals surface area contributed by atoms with Crippen molar-refractivity contribution in [1.29, 1.82) is 0 Å². The lowest BCUT2D eigenvalue weighted by Gasteiger charge is -2.20. The number of Topliss-reactive ketones (excluding diaryl/α,β-unsaturated/α-hetero) is 1. The minimum atomic E-state index is 0.282. The molecule has 0 radical (unpaired) electrons. The number of carbonyl (C=O) groups is 1. The molecule has 0 saturated carbocycles. The lowest BCUT2D eigenvalue weighted by molar-refractivity contribution is -0.117. The summed E-state index contributed by atoms with van der Waals surface area (Å²) >= 11 is 0. The first kappa shape index (κ1) is 12.6. The second-order valence-electron chi connectivity index (χ2n) is 3.44. The Morgan fingerprint density at radius 2 is 2.00 bits per heavy atom. The molecule has 0 aromatic carbocycles. The summed E-state index contributed by atoms with van der Waals surface area (Å²) in [5.41, 5.74) is 5.48. The molecular weight excluding hydrogens is 164 g/mol. The van der Waals surface area contributed by atoms with Crippen LogP contribution >= 0.6 is 0 Å². The molecule has 0 rings (SSSR count). The molecule has 0 aliphatic heterocycles. The maximum Gasteiger partial charge on any atom is 0.129 e. The fourth-order valence-electron chi connectivity index (χ4n) is 1.39. The van der Waals surface area contributed by atoms with Gasteiger partial charge >= 0.3 is 0 Å². The van der Waals surface area contributed by atoms with Crippen LogP contribution < -0.4 is 5.73 Å². The maximum atomic E-state index is 10.7. The topological polar surface area (TPSA) is 46.3 Å². The summed E-state index contributed by atoms with van der Waals surface area (Å²) in [6, 6.07) is 0. The van der Waals surface area contributed by atoms with E-state index in [-0.39, 0.29) is 5.78 Å². The van der Waals surface area contributed by atoms with Gasteiger partial charge in [-0.25, -0.2) is 0 Å².